The molecule has 128 valence electrons. The summed E-state index contributed by atoms with van der Waals surface area (Å²) in [6.45, 7) is 7.74. The third-order valence-electron chi connectivity index (χ3n) is 4.14. The Balaban J connectivity index is 1.68. The van der Waals surface area contributed by atoms with Crippen LogP contribution in [-0.4, -0.2) is 29.7 Å². The molecular weight excluding hydrogens is 338 g/mol. The summed E-state index contributed by atoms with van der Waals surface area (Å²) >= 11 is 3.38. The van der Waals surface area contributed by atoms with E-state index >= 15 is 0 Å². The summed E-state index contributed by atoms with van der Waals surface area (Å²) in [7, 11) is 0. The van der Waals surface area contributed by atoms with Crippen molar-refractivity contribution in [3.8, 4) is 0 Å². The van der Waals surface area contributed by atoms with Gasteiger partial charge in [0.05, 0.1) is 23.7 Å². The van der Waals surface area contributed by atoms with E-state index in [1.165, 1.54) is 23.5 Å². The second-order valence-corrected chi connectivity index (χ2v) is 8.40. The van der Waals surface area contributed by atoms with Crippen LogP contribution >= 0.6 is 23.1 Å². The SMILES string of the molecule is CCC[NH+]1CCc2nc(NC(=O)c3cccc(SCC)c3)sc2C1. The number of fused-ring (bicyclic) bond motifs is 1. The average Bonchev–Trinajstić information content (AvgIpc) is 2.97. The van der Waals surface area contributed by atoms with Crippen molar-refractivity contribution in [2.75, 3.05) is 24.2 Å². The van der Waals surface area contributed by atoms with Gasteiger partial charge in [-0.05, 0) is 30.4 Å². The molecule has 0 spiro atoms. The molecule has 24 heavy (non-hydrogen) atoms. The van der Waals surface area contributed by atoms with E-state index < -0.39 is 0 Å². The van der Waals surface area contributed by atoms with Gasteiger partial charge in [-0.25, -0.2) is 4.98 Å². The number of aromatic nitrogens is 1. The van der Waals surface area contributed by atoms with Gasteiger partial charge in [-0.2, -0.15) is 0 Å². The smallest absolute Gasteiger partial charge is 0.257 e. The summed E-state index contributed by atoms with van der Waals surface area (Å²) in [5, 5.41) is 3.71. The first-order valence-corrected chi connectivity index (χ1v) is 10.4. The van der Waals surface area contributed by atoms with Gasteiger partial charge in [-0.1, -0.05) is 31.3 Å². The maximum atomic E-state index is 12.5. The van der Waals surface area contributed by atoms with E-state index in [-0.39, 0.29) is 5.91 Å². The number of nitrogens with one attached hydrogen (secondary N) is 2. The lowest BCUT2D eigenvalue weighted by atomic mass is 10.2. The van der Waals surface area contributed by atoms with Gasteiger partial charge in [0.2, 0.25) is 0 Å². The Morgan fingerprint density at radius 3 is 3.08 bits per heavy atom. The number of thiazole rings is 1. The molecule has 0 saturated carbocycles. The number of hydrogen-bond donors (Lipinski definition) is 2. The highest BCUT2D eigenvalue weighted by molar-refractivity contribution is 7.99. The second-order valence-electron chi connectivity index (χ2n) is 5.98. The minimum absolute atomic E-state index is 0.0718. The molecule has 2 N–H and O–H groups in total. The van der Waals surface area contributed by atoms with Gasteiger partial charge >= 0.3 is 0 Å². The van der Waals surface area contributed by atoms with Crippen molar-refractivity contribution in [1.82, 2.24) is 4.98 Å². The second kappa shape index (κ2) is 8.14. The molecule has 0 fully saturated rings. The highest BCUT2D eigenvalue weighted by Gasteiger charge is 2.23. The molecule has 1 aromatic carbocycles. The van der Waals surface area contributed by atoms with Gasteiger partial charge in [0, 0.05) is 16.9 Å². The topological polar surface area (TPSA) is 46.4 Å². The van der Waals surface area contributed by atoms with E-state index in [1.807, 2.05) is 24.3 Å². The van der Waals surface area contributed by atoms with Crippen LogP contribution in [0.3, 0.4) is 0 Å². The van der Waals surface area contributed by atoms with Crippen LogP contribution in [0, 0.1) is 0 Å². The third kappa shape index (κ3) is 4.18. The first-order valence-electron chi connectivity index (χ1n) is 8.56. The van der Waals surface area contributed by atoms with E-state index in [0.29, 0.717) is 5.56 Å². The molecule has 1 amide bonds. The number of carbonyl (C=O) groups is 1. The molecule has 1 atom stereocenters. The lowest BCUT2D eigenvalue weighted by Crippen LogP contribution is -3.11. The minimum Gasteiger partial charge on any atom is -0.330 e. The molecular formula is C18H24N3OS2+. The molecule has 6 heteroatoms. The third-order valence-corrected chi connectivity index (χ3v) is 6.02. The normalized spacial score (nSPS) is 16.7. The van der Waals surface area contributed by atoms with Gasteiger partial charge in [0.1, 0.15) is 6.54 Å². The van der Waals surface area contributed by atoms with Crippen LogP contribution < -0.4 is 10.2 Å². The van der Waals surface area contributed by atoms with Crippen molar-refractivity contribution in [3.05, 3.63) is 40.4 Å². The quantitative estimate of drug-likeness (QED) is 0.777. The van der Waals surface area contributed by atoms with Crippen LogP contribution in [-0.2, 0) is 13.0 Å². The summed E-state index contributed by atoms with van der Waals surface area (Å²) in [6, 6.07) is 7.78. The first kappa shape index (κ1) is 17.5. The maximum Gasteiger partial charge on any atom is 0.257 e. The first-order chi connectivity index (χ1) is 11.7. The van der Waals surface area contributed by atoms with E-state index in [9.17, 15) is 4.79 Å². The van der Waals surface area contributed by atoms with Crippen molar-refractivity contribution in [1.29, 1.82) is 0 Å². The van der Waals surface area contributed by atoms with E-state index in [1.54, 1.807) is 28.0 Å². The van der Waals surface area contributed by atoms with Crippen molar-refractivity contribution < 1.29 is 9.69 Å². The zero-order valence-electron chi connectivity index (χ0n) is 14.2. The van der Waals surface area contributed by atoms with Crippen LogP contribution in [0.25, 0.3) is 0 Å². The Morgan fingerprint density at radius 1 is 1.42 bits per heavy atom. The van der Waals surface area contributed by atoms with E-state index in [0.717, 1.165) is 35.3 Å². The zero-order valence-corrected chi connectivity index (χ0v) is 15.9. The van der Waals surface area contributed by atoms with Gasteiger partial charge in [-0.3, -0.25) is 10.1 Å². The van der Waals surface area contributed by atoms with Crippen molar-refractivity contribution in [3.63, 3.8) is 0 Å². The number of benzene rings is 1. The number of quaternary nitrogens is 1. The van der Waals surface area contributed by atoms with Gasteiger partial charge < -0.3 is 4.90 Å². The molecule has 1 aliphatic heterocycles. The average molecular weight is 363 g/mol. The van der Waals surface area contributed by atoms with Crippen LogP contribution in [0.15, 0.2) is 29.2 Å². The van der Waals surface area contributed by atoms with Crippen LogP contribution in [0.1, 0.15) is 41.2 Å². The monoisotopic (exact) mass is 362 g/mol. The molecule has 0 aliphatic carbocycles. The lowest BCUT2D eigenvalue weighted by molar-refractivity contribution is -0.915. The summed E-state index contributed by atoms with van der Waals surface area (Å²) in [5.41, 5.74) is 1.87. The number of thioether (sulfide) groups is 1. The number of nitrogens with zero attached hydrogens (tertiary/aromatic N) is 1. The predicted octanol–water partition coefficient (Wildman–Crippen LogP) is 2.86. The summed E-state index contributed by atoms with van der Waals surface area (Å²) < 4.78 is 0. The van der Waals surface area contributed by atoms with E-state index in [2.05, 4.69) is 24.1 Å². The Morgan fingerprint density at radius 2 is 2.29 bits per heavy atom. The van der Waals surface area contributed by atoms with Crippen molar-refractivity contribution in [2.45, 2.75) is 38.1 Å². The van der Waals surface area contributed by atoms with Crippen LogP contribution in [0.4, 0.5) is 5.13 Å². The fourth-order valence-corrected chi connectivity index (χ4v) is 4.80. The van der Waals surface area contributed by atoms with Crippen LogP contribution in [0.5, 0.6) is 0 Å². The number of carbonyl (C=O) groups excluding carboxylic acids is 1. The Hall–Kier alpha value is -1.37. The summed E-state index contributed by atoms with van der Waals surface area (Å²) in [4.78, 5) is 21.2. The number of anilines is 1. The molecule has 1 aromatic heterocycles. The molecule has 4 nitrogen and oxygen atoms in total. The highest BCUT2D eigenvalue weighted by Crippen LogP contribution is 2.25. The highest BCUT2D eigenvalue weighted by atomic mass is 32.2. The number of amides is 1. The largest absolute Gasteiger partial charge is 0.330 e. The number of rotatable bonds is 6. The lowest BCUT2D eigenvalue weighted by Gasteiger charge is -2.22. The zero-order chi connectivity index (χ0) is 16.9. The van der Waals surface area contributed by atoms with Gasteiger partial charge in [0.15, 0.2) is 5.13 Å². The minimum atomic E-state index is -0.0718. The molecule has 2 aromatic rings. The maximum absolute atomic E-state index is 12.5. The molecule has 0 radical (unpaired) electrons. The Bertz CT molecular complexity index is 714. The predicted molar refractivity (Wildman–Crippen MR) is 101 cm³/mol. The van der Waals surface area contributed by atoms with Crippen molar-refractivity contribution >= 4 is 34.1 Å². The summed E-state index contributed by atoms with van der Waals surface area (Å²) in [5.74, 6) is 0.929. The van der Waals surface area contributed by atoms with Gasteiger partial charge in [-0.15, -0.1) is 11.8 Å². The molecule has 2 heterocycles. The standard InChI is InChI=1S/C18H23N3OS2/c1-3-9-21-10-8-15-16(12-21)24-18(19-15)20-17(22)13-6-5-7-14(11-13)23-4-2/h5-7,11H,3-4,8-10,12H2,1-2H3,(H,19,20,22)/p+1. The van der Waals surface area contributed by atoms with Crippen LogP contribution in [0.2, 0.25) is 0 Å². The summed E-state index contributed by atoms with van der Waals surface area (Å²) in [6.07, 6.45) is 2.22. The molecule has 1 aliphatic rings. The van der Waals surface area contributed by atoms with E-state index in [4.69, 9.17) is 0 Å². The molecule has 0 saturated heterocycles. The fourth-order valence-electron chi connectivity index (χ4n) is 3.01. The fraction of sp³-hybridized carbons (Fsp3) is 0.444. The molecule has 1 unspecified atom stereocenters. The van der Waals surface area contributed by atoms with Crippen molar-refractivity contribution in [2.24, 2.45) is 0 Å². The Labute approximate surface area is 151 Å². The van der Waals surface area contributed by atoms with Gasteiger partial charge in [0.25, 0.3) is 5.91 Å². The molecule has 0 bridgehead atoms. The number of hydrogen-bond acceptors (Lipinski definition) is 4. The Kier molecular flexibility index (Phi) is 5.92. The molecule has 3 rings (SSSR count).